The highest BCUT2D eigenvalue weighted by Crippen LogP contribution is 2.76. The van der Waals surface area contributed by atoms with Crippen molar-refractivity contribution in [2.75, 3.05) is 53.9 Å². The van der Waals surface area contributed by atoms with Gasteiger partial charge in [0.1, 0.15) is 140 Å². The van der Waals surface area contributed by atoms with Crippen molar-refractivity contribution in [1.82, 2.24) is 0 Å². The first-order valence-electron chi connectivity index (χ1n) is 35.6. The summed E-state index contributed by atoms with van der Waals surface area (Å²) in [5, 5.41) is 156. The number of carbonyl (C=O) groups excluding carboxylic acids is 3. The summed E-state index contributed by atoms with van der Waals surface area (Å²) in [4.78, 5) is 41.0. The predicted molar refractivity (Wildman–Crippen MR) is 342 cm³/mol. The summed E-state index contributed by atoms with van der Waals surface area (Å²) in [6.45, 7) is 14.8. The van der Waals surface area contributed by atoms with Gasteiger partial charge in [0.05, 0.1) is 57.1 Å². The Hall–Kier alpha value is -3.23. The lowest BCUT2D eigenvalue weighted by Crippen LogP contribution is -2.66. The van der Waals surface area contributed by atoms with Crippen molar-refractivity contribution >= 4 is 17.9 Å². The first-order valence-corrected chi connectivity index (χ1v) is 35.6. The number of hydrogen-bond acceptors (Lipinski definition) is 34. The third-order valence-electron chi connectivity index (χ3n) is 24.6. The number of aliphatic hydroxyl groups excluding tert-OH is 14. The van der Waals surface area contributed by atoms with Gasteiger partial charge in [-0.05, 0) is 93.3 Å². The summed E-state index contributed by atoms with van der Waals surface area (Å²) in [7, 11) is 2.39. The van der Waals surface area contributed by atoms with E-state index >= 15 is 4.79 Å². The fourth-order valence-corrected chi connectivity index (χ4v) is 19.4. The maximum Gasteiger partial charge on any atom is 0.314 e. The summed E-state index contributed by atoms with van der Waals surface area (Å²) >= 11 is 0. The number of methoxy groups -OCH3 is 2. The van der Waals surface area contributed by atoms with Crippen LogP contribution in [0.25, 0.3) is 0 Å². The third-order valence-corrected chi connectivity index (χ3v) is 24.6. The predicted octanol–water partition coefficient (Wildman–Crippen LogP) is -3.75. The highest BCUT2D eigenvalue weighted by atomic mass is 16.8. The number of fused-ring (bicyclic) bond motifs is 4. The first-order chi connectivity index (χ1) is 48.6. The molecule has 0 radical (unpaired) electrons. The molecule has 0 amide bonds. The summed E-state index contributed by atoms with van der Waals surface area (Å²) in [5.41, 5.74) is -2.61. The Kier molecular flexibility index (Phi) is 24.8. The maximum atomic E-state index is 15.1. The van der Waals surface area contributed by atoms with Gasteiger partial charge in [-0.3, -0.25) is 14.4 Å². The summed E-state index contributed by atoms with van der Waals surface area (Å²) in [5.74, 6) is -2.51. The Morgan fingerprint density at radius 3 is 1.67 bits per heavy atom. The summed E-state index contributed by atoms with van der Waals surface area (Å²) in [6, 6.07) is 0. The molecule has 7 heterocycles. The van der Waals surface area contributed by atoms with Crippen molar-refractivity contribution in [1.29, 1.82) is 0 Å². The molecule has 34 heteroatoms. The van der Waals surface area contributed by atoms with Crippen molar-refractivity contribution in [3.63, 3.8) is 0 Å². The van der Waals surface area contributed by atoms with Crippen LogP contribution < -0.4 is 0 Å². The molecule has 37 atom stereocenters. The molecule has 103 heavy (non-hydrogen) atoms. The Balaban J connectivity index is 0.827. The molecule has 0 aromatic carbocycles. The normalized spacial score (nSPS) is 49.9. The number of rotatable bonds is 23. The average molecular weight is 1480 g/mol. The van der Waals surface area contributed by atoms with Crippen molar-refractivity contribution in [3.05, 3.63) is 23.8 Å². The second kappa shape index (κ2) is 31.6. The van der Waals surface area contributed by atoms with Crippen LogP contribution in [0.1, 0.15) is 107 Å². The van der Waals surface area contributed by atoms with E-state index in [4.69, 9.17) is 80.5 Å². The molecule has 37 unspecified atom stereocenters. The largest absolute Gasteiger partial charge is 0.462 e. The first kappa shape index (κ1) is 80.8. The van der Waals surface area contributed by atoms with Crippen LogP contribution >= 0.6 is 0 Å². The summed E-state index contributed by atoms with van der Waals surface area (Å²) in [6.07, 6.45) is -41.5. The Morgan fingerprint density at radius 1 is 0.563 bits per heavy atom. The molecule has 0 bridgehead atoms. The van der Waals surface area contributed by atoms with Crippen molar-refractivity contribution in [2.24, 2.45) is 39.4 Å². The fourth-order valence-electron chi connectivity index (χ4n) is 19.4. The lowest BCUT2D eigenvalue weighted by Gasteiger charge is -2.63. The van der Waals surface area contributed by atoms with E-state index in [1.54, 1.807) is 6.92 Å². The second-order valence-electron chi connectivity index (χ2n) is 31.1. The smallest absolute Gasteiger partial charge is 0.314 e. The maximum absolute atomic E-state index is 15.1. The Bertz CT molecular complexity index is 2980. The van der Waals surface area contributed by atoms with Gasteiger partial charge in [0.2, 0.25) is 0 Å². The molecule has 34 nitrogen and oxygen atoms in total. The zero-order valence-electron chi connectivity index (χ0n) is 59.7. The molecule has 11 aliphatic rings. The fraction of sp³-hybridized carbons (Fsp3) is 0.899. The van der Waals surface area contributed by atoms with Crippen molar-refractivity contribution in [2.45, 2.75) is 297 Å². The molecule has 0 aromatic heterocycles. The number of hydrogen-bond donors (Lipinski definition) is 14. The van der Waals surface area contributed by atoms with E-state index in [0.29, 0.717) is 44.9 Å². The van der Waals surface area contributed by atoms with E-state index in [1.807, 2.05) is 6.92 Å². The average Bonchev–Trinajstić information content (AvgIpc) is 1.50. The van der Waals surface area contributed by atoms with Crippen molar-refractivity contribution < 1.29 is 166 Å². The van der Waals surface area contributed by atoms with E-state index in [9.17, 15) is 81.1 Å². The SMILES string of the molecule is C=C(C)CCC(OC(C)=O)C1(C)OC(=O)C23CC=C4C(CCC5C4(C)CCC(OC4OCC(OC6OC(CO)C(OC7OC(CO)C(O)C(OC)C7O)C(O)C6O)C(O)C4OC4OCC(OC6OCC(O)C(OC7OC(CO)C(O)C(OC)C7O)C6O)C(O)C4O)C5(C)C)C2(C)CC(OC(C)=O)C13. The van der Waals surface area contributed by atoms with Crippen LogP contribution in [0.3, 0.4) is 0 Å². The van der Waals surface area contributed by atoms with Gasteiger partial charge in [-0.2, -0.15) is 0 Å². The molecular formula is C69H108O34. The third kappa shape index (κ3) is 14.5. The van der Waals surface area contributed by atoms with E-state index in [-0.39, 0.29) is 18.3 Å². The number of aliphatic hydroxyl groups is 14. The van der Waals surface area contributed by atoms with Crippen LogP contribution in [0, 0.1) is 39.4 Å². The van der Waals surface area contributed by atoms with Crippen LogP contribution in [0.15, 0.2) is 23.8 Å². The monoisotopic (exact) mass is 1480 g/mol. The highest BCUT2D eigenvalue weighted by Gasteiger charge is 2.81. The number of ether oxygens (including phenoxy) is 17. The van der Waals surface area contributed by atoms with E-state index in [0.717, 1.165) is 11.1 Å². The minimum atomic E-state index is -2.03. The van der Waals surface area contributed by atoms with Crippen LogP contribution in [0.2, 0.25) is 0 Å². The van der Waals surface area contributed by atoms with Crippen LogP contribution in [0.5, 0.6) is 0 Å². The highest BCUT2D eigenvalue weighted by molar-refractivity contribution is 5.84. The molecule has 14 N–H and O–H groups in total. The quantitative estimate of drug-likeness (QED) is 0.0202. The van der Waals surface area contributed by atoms with Gasteiger partial charge < -0.3 is 152 Å². The minimum Gasteiger partial charge on any atom is -0.462 e. The van der Waals surface area contributed by atoms with Gasteiger partial charge in [0.15, 0.2) is 43.3 Å². The van der Waals surface area contributed by atoms with Gasteiger partial charge in [-0.1, -0.05) is 44.9 Å². The van der Waals surface area contributed by atoms with Crippen molar-refractivity contribution in [3.8, 4) is 0 Å². The van der Waals surface area contributed by atoms with E-state index in [1.165, 1.54) is 28.1 Å². The topological polar surface area (TPSA) is 491 Å². The van der Waals surface area contributed by atoms with Gasteiger partial charge in [-0.15, -0.1) is 6.58 Å². The van der Waals surface area contributed by atoms with Crippen LogP contribution in [-0.4, -0.2) is 333 Å². The zero-order valence-corrected chi connectivity index (χ0v) is 59.7. The zero-order chi connectivity index (χ0) is 75.1. The molecule has 7 saturated heterocycles. The van der Waals surface area contributed by atoms with Crippen LogP contribution in [0.4, 0.5) is 0 Å². The minimum absolute atomic E-state index is 0.114. The number of carbonyl (C=O) groups is 3. The lowest BCUT2D eigenvalue weighted by molar-refractivity contribution is -0.389. The van der Waals surface area contributed by atoms with Gasteiger partial charge in [-0.25, -0.2) is 0 Å². The molecule has 11 rings (SSSR count). The molecule has 4 aliphatic carbocycles. The summed E-state index contributed by atoms with van der Waals surface area (Å²) < 4.78 is 102. The number of allylic oxidation sites excluding steroid dienone is 3. The Morgan fingerprint density at radius 2 is 1.09 bits per heavy atom. The number of cyclic esters (lactones) is 1. The number of esters is 3. The van der Waals surface area contributed by atoms with Gasteiger partial charge in [0, 0.05) is 28.1 Å². The van der Waals surface area contributed by atoms with Gasteiger partial charge >= 0.3 is 17.9 Å². The molecule has 0 aromatic rings. The molecule has 1 spiro atoms. The van der Waals surface area contributed by atoms with E-state index in [2.05, 4.69) is 40.3 Å². The molecule has 3 saturated carbocycles. The standard InChI is InChI=1S/C69H108O34/c1-27(2)12-15-41(93-29(4)74)68(9)57-33(92-28(3)73)20-67(8)31-13-14-39-65(5,6)40(17-18-66(39,7)30(31)16-19-69(57,67)64(86)103-68)99-63-56(45(79)38(26-91-63)98-60-48(82)46(80)53(36(23-72)96-60)101-62-51(85)55(88-11)44(78)35(22-71)95-62)102-58-47(81)42(76)37(25-90-58)97-59-49(83)52(32(75)24-89-59)100-61-50(84)54(87-10)43(77)34(21-70)94-61/h16,31-63,70-72,75-85H,1,12-15,17-26H2,2-11H3. The lowest BCUT2D eigenvalue weighted by atomic mass is 9.41. The van der Waals surface area contributed by atoms with Gasteiger partial charge in [0.25, 0.3) is 0 Å². The molecule has 588 valence electrons. The van der Waals surface area contributed by atoms with E-state index < -0.39 is 275 Å². The Labute approximate surface area is 596 Å². The molecule has 7 aliphatic heterocycles. The van der Waals surface area contributed by atoms with Crippen LogP contribution in [-0.2, 0) is 94.9 Å². The second-order valence-corrected chi connectivity index (χ2v) is 31.1. The molecule has 10 fully saturated rings. The molecular weight excluding hydrogens is 1370 g/mol.